The van der Waals surface area contributed by atoms with Gasteiger partial charge in [-0.05, 0) is 44.2 Å². The number of hydrogen-bond acceptors (Lipinski definition) is 7. The lowest BCUT2D eigenvalue weighted by atomic mass is 9.88. The normalized spacial score (nSPS) is 17.9. The molecule has 3 aromatic rings. The first kappa shape index (κ1) is 22.3. The summed E-state index contributed by atoms with van der Waals surface area (Å²) in [7, 11) is 1.47. The summed E-state index contributed by atoms with van der Waals surface area (Å²) >= 11 is 0. The van der Waals surface area contributed by atoms with Crippen molar-refractivity contribution in [3.63, 3.8) is 0 Å². The van der Waals surface area contributed by atoms with Gasteiger partial charge in [-0.2, -0.15) is 0 Å². The van der Waals surface area contributed by atoms with E-state index in [1.54, 1.807) is 18.3 Å². The molecule has 0 bridgehead atoms. The van der Waals surface area contributed by atoms with Crippen LogP contribution in [0.5, 0.6) is 5.75 Å². The van der Waals surface area contributed by atoms with Crippen molar-refractivity contribution < 1.29 is 14.6 Å². The van der Waals surface area contributed by atoms with Gasteiger partial charge in [-0.25, -0.2) is 14.8 Å². The molecule has 0 unspecified atom stereocenters. The van der Waals surface area contributed by atoms with Gasteiger partial charge in [-0.1, -0.05) is 32.3 Å². The SMILES string of the molecule is CC[C@H]1c2nnc(C)n2-c2cnc(-c3cccc(C(=O)O)c3OC)nc2N1CC1CCCCC1. The predicted molar refractivity (Wildman–Crippen MR) is 128 cm³/mol. The van der Waals surface area contributed by atoms with Crippen LogP contribution in [0.2, 0.25) is 0 Å². The lowest BCUT2D eigenvalue weighted by Gasteiger charge is -2.40. The van der Waals surface area contributed by atoms with Crippen LogP contribution in [0.25, 0.3) is 17.1 Å². The van der Waals surface area contributed by atoms with Gasteiger partial charge in [-0.15, -0.1) is 10.2 Å². The third kappa shape index (κ3) is 3.69. The molecule has 1 aliphatic heterocycles. The number of para-hydroxylation sites is 1. The Morgan fingerprint density at radius 2 is 2.00 bits per heavy atom. The fourth-order valence-corrected chi connectivity index (χ4v) is 5.41. The molecule has 2 aromatic heterocycles. The molecule has 178 valence electrons. The summed E-state index contributed by atoms with van der Waals surface area (Å²) in [5.41, 5.74) is 1.50. The van der Waals surface area contributed by atoms with E-state index in [1.807, 2.05) is 6.92 Å². The van der Waals surface area contributed by atoms with E-state index in [0.29, 0.717) is 17.3 Å². The highest BCUT2D eigenvalue weighted by molar-refractivity contribution is 5.94. The molecule has 1 fully saturated rings. The van der Waals surface area contributed by atoms with Gasteiger partial charge in [0.25, 0.3) is 0 Å². The maximum atomic E-state index is 11.8. The van der Waals surface area contributed by atoms with Crippen molar-refractivity contribution in [2.75, 3.05) is 18.6 Å². The molecule has 3 heterocycles. The number of benzene rings is 1. The molecule has 1 saturated carbocycles. The molecule has 0 saturated heterocycles. The van der Waals surface area contributed by atoms with Crippen molar-refractivity contribution in [2.24, 2.45) is 5.92 Å². The molecule has 34 heavy (non-hydrogen) atoms. The fraction of sp³-hybridized carbons (Fsp3) is 0.480. The van der Waals surface area contributed by atoms with Crippen LogP contribution >= 0.6 is 0 Å². The first-order chi connectivity index (χ1) is 16.5. The molecular weight excluding hydrogens is 432 g/mol. The molecule has 2 aliphatic rings. The number of aromatic carboxylic acids is 1. The molecule has 1 atom stereocenters. The van der Waals surface area contributed by atoms with Crippen LogP contribution in [0.3, 0.4) is 0 Å². The summed E-state index contributed by atoms with van der Waals surface area (Å²) in [4.78, 5) is 23.8. The van der Waals surface area contributed by atoms with Gasteiger partial charge in [-0.3, -0.25) is 4.57 Å². The third-order valence-corrected chi connectivity index (χ3v) is 7.04. The molecule has 0 spiro atoms. The van der Waals surface area contributed by atoms with E-state index in [-0.39, 0.29) is 17.4 Å². The number of aryl methyl sites for hydroxylation is 1. The number of anilines is 1. The number of ether oxygens (including phenoxy) is 1. The minimum atomic E-state index is -1.05. The summed E-state index contributed by atoms with van der Waals surface area (Å²) in [6.45, 7) is 5.01. The Hall–Kier alpha value is -3.49. The van der Waals surface area contributed by atoms with E-state index in [9.17, 15) is 9.90 Å². The molecular formula is C25H30N6O3. The van der Waals surface area contributed by atoms with Crippen molar-refractivity contribution in [3.05, 3.63) is 41.6 Å². The monoisotopic (exact) mass is 462 g/mol. The van der Waals surface area contributed by atoms with Crippen LogP contribution in [-0.2, 0) is 0 Å². The van der Waals surface area contributed by atoms with E-state index in [0.717, 1.165) is 36.1 Å². The van der Waals surface area contributed by atoms with Crippen molar-refractivity contribution in [1.82, 2.24) is 24.7 Å². The number of fused-ring (bicyclic) bond motifs is 3. The Morgan fingerprint density at radius 3 is 2.71 bits per heavy atom. The number of hydrogen-bond donors (Lipinski definition) is 1. The largest absolute Gasteiger partial charge is 0.495 e. The maximum absolute atomic E-state index is 11.8. The Bertz CT molecular complexity index is 1220. The molecule has 0 radical (unpaired) electrons. The van der Waals surface area contributed by atoms with Crippen molar-refractivity contribution in [3.8, 4) is 22.8 Å². The summed E-state index contributed by atoms with van der Waals surface area (Å²) in [6.07, 6.45) is 8.97. The van der Waals surface area contributed by atoms with E-state index < -0.39 is 5.97 Å². The minimum absolute atomic E-state index is 0.0608. The Balaban J connectivity index is 1.66. The number of methoxy groups -OCH3 is 1. The van der Waals surface area contributed by atoms with E-state index in [4.69, 9.17) is 9.72 Å². The topological polar surface area (TPSA) is 106 Å². The van der Waals surface area contributed by atoms with Crippen molar-refractivity contribution in [1.29, 1.82) is 0 Å². The van der Waals surface area contributed by atoms with Gasteiger partial charge in [0.15, 0.2) is 17.5 Å². The molecule has 0 amide bonds. The van der Waals surface area contributed by atoms with Crippen molar-refractivity contribution in [2.45, 2.75) is 58.4 Å². The lowest BCUT2D eigenvalue weighted by molar-refractivity contribution is 0.0693. The minimum Gasteiger partial charge on any atom is -0.495 e. The Labute approximate surface area is 198 Å². The number of carboxylic acids is 1. The molecule has 5 rings (SSSR count). The number of carbonyl (C=O) groups is 1. The second kappa shape index (κ2) is 9.04. The summed E-state index contributed by atoms with van der Waals surface area (Å²) in [6, 6.07) is 5.08. The average molecular weight is 463 g/mol. The second-order valence-corrected chi connectivity index (χ2v) is 9.12. The van der Waals surface area contributed by atoms with Crippen LogP contribution in [0, 0.1) is 12.8 Å². The predicted octanol–water partition coefficient (Wildman–Crippen LogP) is 4.59. The summed E-state index contributed by atoms with van der Waals surface area (Å²) in [5.74, 6) is 2.81. The van der Waals surface area contributed by atoms with Crippen LogP contribution in [0.1, 0.15) is 73.5 Å². The van der Waals surface area contributed by atoms with Crippen LogP contribution < -0.4 is 9.64 Å². The third-order valence-electron chi connectivity index (χ3n) is 7.04. The van der Waals surface area contributed by atoms with Gasteiger partial charge in [0, 0.05) is 6.54 Å². The highest BCUT2D eigenvalue weighted by Crippen LogP contribution is 2.42. The van der Waals surface area contributed by atoms with Crippen LogP contribution in [-0.4, -0.2) is 49.5 Å². The molecule has 1 aromatic carbocycles. The van der Waals surface area contributed by atoms with E-state index in [1.165, 1.54) is 45.3 Å². The lowest BCUT2D eigenvalue weighted by Crippen LogP contribution is -2.39. The highest BCUT2D eigenvalue weighted by Gasteiger charge is 2.36. The Morgan fingerprint density at radius 1 is 1.21 bits per heavy atom. The van der Waals surface area contributed by atoms with Gasteiger partial charge in [0.05, 0.1) is 24.9 Å². The smallest absolute Gasteiger partial charge is 0.339 e. The van der Waals surface area contributed by atoms with Gasteiger partial charge < -0.3 is 14.7 Å². The first-order valence-electron chi connectivity index (χ1n) is 12.0. The van der Waals surface area contributed by atoms with Gasteiger partial charge in [0.1, 0.15) is 22.8 Å². The highest BCUT2D eigenvalue weighted by atomic mass is 16.5. The van der Waals surface area contributed by atoms with Crippen LogP contribution in [0.4, 0.5) is 5.82 Å². The standard InChI is InChI=1S/C25H30N6O3/c1-4-19-24-29-28-15(2)31(24)20-13-26-22(17-11-8-12-18(25(32)33)21(17)34-3)27-23(20)30(19)14-16-9-6-5-7-10-16/h8,11-13,16,19H,4-7,9-10,14H2,1-3H3,(H,32,33)/t19-/m0/s1. The number of aromatic nitrogens is 5. The molecule has 9 nitrogen and oxygen atoms in total. The second-order valence-electron chi connectivity index (χ2n) is 9.12. The summed E-state index contributed by atoms with van der Waals surface area (Å²) in [5, 5.41) is 18.5. The Kier molecular flexibility index (Phi) is 5.93. The zero-order valence-corrected chi connectivity index (χ0v) is 19.9. The fourth-order valence-electron chi connectivity index (χ4n) is 5.41. The van der Waals surface area contributed by atoms with E-state index in [2.05, 4.69) is 31.6 Å². The quantitative estimate of drug-likeness (QED) is 0.567. The molecule has 1 N–H and O–H groups in total. The first-order valence-corrected chi connectivity index (χ1v) is 12.0. The molecule has 1 aliphatic carbocycles. The summed E-state index contributed by atoms with van der Waals surface area (Å²) < 4.78 is 7.54. The average Bonchev–Trinajstić information content (AvgIpc) is 3.25. The van der Waals surface area contributed by atoms with Gasteiger partial charge >= 0.3 is 5.97 Å². The van der Waals surface area contributed by atoms with Gasteiger partial charge in [0.2, 0.25) is 0 Å². The zero-order chi connectivity index (χ0) is 23.8. The maximum Gasteiger partial charge on any atom is 0.339 e. The number of carboxylic acid groups (broad SMARTS) is 1. The zero-order valence-electron chi connectivity index (χ0n) is 19.9. The van der Waals surface area contributed by atoms with E-state index >= 15 is 0 Å². The molecule has 9 heteroatoms. The number of rotatable bonds is 6. The van der Waals surface area contributed by atoms with Crippen LogP contribution in [0.15, 0.2) is 24.4 Å². The van der Waals surface area contributed by atoms with Crippen molar-refractivity contribution >= 4 is 11.8 Å². The number of nitrogens with zero attached hydrogens (tertiary/aromatic N) is 6.